The monoisotopic (exact) mass is 279 g/mol. The fourth-order valence-corrected chi connectivity index (χ4v) is 2.65. The lowest BCUT2D eigenvalue weighted by molar-refractivity contribution is 0.0685. The molecule has 1 heterocycles. The average molecular weight is 279 g/mol. The van der Waals surface area contributed by atoms with Gasteiger partial charge in [0.2, 0.25) is 0 Å². The molecule has 2 unspecified atom stereocenters. The minimum atomic E-state index is -0.317. The Morgan fingerprint density at radius 3 is 2.85 bits per heavy atom. The lowest BCUT2D eigenvalue weighted by Gasteiger charge is -2.23. The van der Waals surface area contributed by atoms with E-state index in [1.807, 2.05) is 0 Å². The number of amides is 1. The maximum atomic E-state index is 12.3. The molecule has 0 spiro atoms. The zero-order valence-corrected chi connectivity index (χ0v) is 12.0. The zero-order valence-electron chi connectivity index (χ0n) is 12.0. The molecule has 1 N–H and O–H groups in total. The first-order valence-corrected chi connectivity index (χ1v) is 7.04. The normalized spacial score (nSPS) is 21.9. The first-order valence-electron chi connectivity index (χ1n) is 7.04. The molecule has 1 fully saturated rings. The van der Waals surface area contributed by atoms with Gasteiger partial charge in [-0.2, -0.15) is 5.10 Å². The summed E-state index contributed by atoms with van der Waals surface area (Å²) < 4.78 is 1.27. The van der Waals surface area contributed by atoms with Crippen molar-refractivity contribution in [2.75, 3.05) is 13.6 Å². The average Bonchev–Trinajstić information content (AvgIpc) is 2.84. The Morgan fingerprint density at radius 1 is 1.50 bits per heavy atom. The van der Waals surface area contributed by atoms with E-state index in [2.05, 4.69) is 5.10 Å². The highest BCUT2D eigenvalue weighted by atomic mass is 16.3. The van der Waals surface area contributed by atoms with Crippen molar-refractivity contribution in [3.05, 3.63) is 28.2 Å². The maximum absolute atomic E-state index is 12.3. The SMILES string of the molecule is CCn1nc(C(=O)N(C)CC2CCCC2O)ccc1=O. The van der Waals surface area contributed by atoms with E-state index in [1.165, 1.54) is 16.8 Å². The molecular formula is C14H21N3O3. The van der Waals surface area contributed by atoms with Crippen LogP contribution in [0.1, 0.15) is 36.7 Å². The van der Waals surface area contributed by atoms with Gasteiger partial charge in [-0.3, -0.25) is 9.59 Å². The number of nitrogens with zero attached hydrogens (tertiary/aromatic N) is 3. The second kappa shape index (κ2) is 6.17. The third-order valence-electron chi connectivity index (χ3n) is 3.86. The smallest absolute Gasteiger partial charge is 0.274 e. The molecule has 1 aliphatic carbocycles. The molecule has 1 aromatic heterocycles. The van der Waals surface area contributed by atoms with Crippen molar-refractivity contribution in [1.82, 2.24) is 14.7 Å². The van der Waals surface area contributed by atoms with Crippen molar-refractivity contribution in [2.24, 2.45) is 5.92 Å². The van der Waals surface area contributed by atoms with E-state index >= 15 is 0 Å². The number of carbonyl (C=O) groups excluding carboxylic acids is 1. The minimum absolute atomic E-state index is 0.140. The first-order chi connectivity index (χ1) is 9.52. The highest BCUT2D eigenvalue weighted by Gasteiger charge is 2.28. The predicted molar refractivity (Wildman–Crippen MR) is 74.5 cm³/mol. The van der Waals surface area contributed by atoms with Gasteiger partial charge in [-0.15, -0.1) is 0 Å². The Balaban J connectivity index is 2.08. The van der Waals surface area contributed by atoms with Crippen LogP contribution in [0, 0.1) is 5.92 Å². The van der Waals surface area contributed by atoms with Gasteiger partial charge < -0.3 is 10.0 Å². The summed E-state index contributed by atoms with van der Waals surface area (Å²) in [6.07, 6.45) is 2.45. The van der Waals surface area contributed by atoms with Crippen LogP contribution in [0.4, 0.5) is 0 Å². The van der Waals surface area contributed by atoms with E-state index in [9.17, 15) is 14.7 Å². The van der Waals surface area contributed by atoms with Crippen molar-refractivity contribution >= 4 is 5.91 Å². The highest BCUT2D eigenvalue weighted by Crippen LogP contribution is 2.26. The van der Waals surface area contributed by atoms with Crippen LogP contribution in [0.5, 0.6) is 0 Å². The van der Waals surface area contributed by atoms with Crippen LogP contribution in [-0.2, 0) is 6.54 Å². The Kier molecular flexibility index (Phi) is 4.54. The van der Waals surface area contributed by atoms with Gasteiger partial charge in [0.05, 0.1) is 6.10 Å². The van der Waals surface area contributed by atoms with Gasteiger partial charge in [0.25, 0.3) is 11.5 Å². The Hall–Kier alpha value is -1.69. The van der Waals surface area contributed by atoms with Crippen LogP contribution in [0.25, 0.3) is 0 Å². The molecule has 6 heteroatoms. The number of aliphatic hydroxyl groups excluding tert-OH is 1. The Labute approximate surface area is 118 Å². The van der Waals surface area contributed by atoms with E-state index in [4.69, 9.17) is 0 Å². The minimum Gasteiger partial charge on any atom is -0.393 e. The zero-order chi connectivity index (χ0) is 14.7. The van der Waals surface area contributed by atoms with Gasteiger partial charge in [-0.05, 0) is 25.8 Å². The summed E-state index contributed by atoms with van der Waals surface area (Å²) in [6.45, 7) is 2.76. The predicted octanol–water partition coefficient (Wildman–Crippen LogP) is 0.496. The van der Waals surface area contributed by atoms with Crippen LogP contribution in [0.2, 0.25) is 0 Å². The molecule has 0 radical (unpaired) electrons. The van der Waals surface area contributed by atoms with Crippen LogP contribution in [-0.4, -0.2) is 45.4 Å². The number of aromatic nitrogens is 2. The summed E-state index contributed by atoms with van der Waals surface area (Å²) in [6, 6.07) is 2.82. The summed E-state index contributed by atoms with van der Waals surface area (Å²) in [5.74, 6) is -0.0765. The standard InChI is InChI=1S/C14H21N3O3/c1-3-17-13(19)8-7-11(15-17)14(20)16(2)9-10-5-4-6-12(10)18/h7-8,10,12,18H,3-6,9H2,1-2H3. The molecule has 1 aromatic rings. The molecule has 0 aromatic carbocycles. The number of rotatable bonds is 4. The summed E-state index contributed by atoms with van der Waals surface area (Å²) in [5.41, 5.74) is 0.0550. The number of carbonyl (C=O) groups is 1. The molecule has 20 heavy (non-hydrogen) atoms. The van der Waals surface area contributed by atoms with Crippen molar-refractivity contribution in [3.63, 3.8) is 0 Å². The molecule has 0 bridgehead atoms. The van der Waals surface area contributed by atoms with Crippen LogP contribution >= 0.6 is 0 Å². The molecular weight excluding hydrogens is 258 g/mol. The van der Waals surface area contributed by atoms with Gasteiger partial charge in [-0.25, -0.2) is 4.68 Å². The van der Waals surface area contributed by atoms with E-state index in [0.717, 1.165) is 19.3 Å². The summed E-state index contributed by atoms with van der Waals surface area (Å²) >= 11 is 0. The highest BCUT2D eigenvalue weighted by molar-refractivity contribution is 5.91. The maximum Gasteiger partial charge on any atom is 0.274 e. The van der Waals surface area contributed by atoms with E-state index in [0.29, 0.717) is 13.1 Å². The molecule has 2 rings (SSSR count). The van der Waals surface area contributed by atoms with Crippen LogP contribution in [0.3, 0.4) is 0 Å². The summed E-state index contributed by atoms with van der Waals surface area (Å²) in [7, 11) is 1.70. The van der Waals surface area contributed by atoms with Gasteiger partial charge in [0, 0.05) is 32.1 Å². The van der Waals surface area contributed by atoms with E-state index in [1.54, 1.807) is 18.9 Å². The molecule has 2 atom stereocenters. The van der Waals surface area contributed by atoms with E-state index in [-0.39, 0.29) is 29.2 Å². The molecule has 1 saturated carbocycles. The Morgan fingerprint density at radius 2 is 2.25 bits per heavy atom. The second-order valence-corrected chi connectivity index (χ2v) is 5.32. The number of hydrogen-bond donors (Lipinski definition) is 1. The van der Waals surface area contributed by atoms with Gasteiger partial charge in [0.1, 0.15) is 5.69 Å². The Bertz CT molecular complexity index is 541. The number of aryl methyl sites for hydroxylation is 1. The molecule has 1 aliphatic rings. The fraction of sp³-hybridized carbons (Fsp3) is 0.643. The topological polar surface area (TPSA) is 75.4 Å². The van der Waals surface area contributed by atoms with Crippen molar-refractivity contribution in [3.8, 4) is 0 Å². The first kappa shape index (κ1) is 14.7. The molecule has 0 aliphatic heterocycles. The third kappa shape index (κ3) is 3.07. The van der Waals surface area contributed by atoms with Crippen molar-refractivity contribution in [2.45, 2.75) is 38.8 Å². The summed E-state index contributed by atoms with van der Waals surface area (Å²) in [5, 5.41) is 13.9. The molecule has 6 nitrogen and oxygen atoms in total. The van der Waals surface area contributed by atoms with Crippen molar-refractivity contribution < 1.29 is 9.90 Å². The lowest BCUT2D eigenvalue weighted by atomic mass is 10.1. The van der Waals surface area contributed by atoms with Gasteiger partial charge in [-0.1, -0.05) is 6.42 Å². The number of aliphatic hydroxyl groups is 1. The molecule has 110 valence electrons. The molecule has 0 saturated heterocycles. The van der Waals surface area contributed by atoms with Crippen molar-refractivity contribution in [1.29, 1.82) is 0 Å². The fourth-order valence-electron chi connectivity index (χ4n) is 2.65. The van der Waals surface area contributed by atoms with Gasteiger partial charge in [0.15, 0.2) is 0 Å². The second-order valence-electron chi connectivity index (χ2n) is 5.32. The van der Waals surface area contributed by atoms with Crippen LogP contribution in [0.15, 0.2) is 16.9 Å². The summed E-state index contributed by atoms with van der Waals surface area (Å²) in [4.78, 5) is 25.3. The quantitative estimate of drug-likeness (QED) is 0.870. The van der Waals surface area contributed by atoms with Gasteiger partial charge >= 0.3 is 0 Å². The lowest BCUT2D eigenvalue weighted by Crippen LogP contribution is -2.36. The van der Waals surface area contributed by atoms with E-state index < -0.39 is 0 Å². The van der Waals surface area contributed by atoms with Crippen LogP contribution < -0.4 is 5.56 Å². The molecule has 1 amide bonds. The largest absolute Gasteiger partial charge is 0.393 e. The third-order valence-corrected chi connectivity index (χ3v) is 3.86. The number of hydrogen-bond acceptors (Lipinski definition) is 4.